The fourth-order valence-electron chi connectivity index (χ4n) is 3.68. The van der Waals surface area contributed by atoms with Crippen LogP contribution < -0.4 is 15.9 Å². The highest BCUT2D eigenvalue weighted by Crippen LogP contribution is 2.22. The van der Waals surface area contributed by atoms with Crippen LogP contribution >= 0.6 is 0 Å². The number of carbonyl (C=O) groups excluding carboxylic acids is 1. The van der Waals surface area contributed by atoms with Gasteiger partial charge in [0, 0.05) is 6.54 Å². The van der Waals surface area contributed by atoms with Crippen LogP contribution in [-0.4, -0.2) is 61.5 Å². The third kappa shape index (κ3) is 5.57. The molecule has 4 rings (SSSR count). The number of rotatable bonds is 8. The quantitative estimate of drug-likeness (QED) is 0.374. The SMILES string of the molecule is CC1CCN(Cc2c(C(=O)N/N=C\c3ccc(OC(C)C)cc3)nnn2-c2nonc2N)CC1. The van der Waals surface area contributed by atoms with E-state index in [1.165, 1.54) is 4.68 Å². The highest BCUT2D eigenvalue weighted by Gasteiger charge is 2.26. The van der Waals surface area contributed by atoms with Crippen molar-refractivity contribution in [1.29, 1.82) is 0 Å². The average molecular weight is 468 g/mol. The zero-order chi connectivity index (χ0) is 24.1. The van der Waals surface area contributed by atoms with Crippen molar-refractivity contribution in [2.75, 3.05) is 18.8 Å². The first-order chi connectivity index (χ1) is 16.4. The Balaban J connectivity index is 1.49. The molecule has 0 spiro atoms. The van der Waals surface area contributed by atoms with Gasteiger partial charge in [-0.2, -0.15) is 9.78 Å². The number of hydrazone groups is 1. The fourth-order valence-corrected chi connectivity index (χ4v) is 3.68. The highest BCUT2D eigenvalue weighted by molar-refractivity contribution is 5.94. The van der Waals surface area contributed by atoms with Crippen LogP contribution in [0.3, 0.4) is 0 Å². The lowest BCUT2D eigenvalue weighted by atomic mass is 9.99. The van der Waals surface area contributed by atoms with Crippen LogP contribution in [0.2, 0.25) is 0 Å². The third-order valence-electron chi connectivity index (χ3n) is 5.56. The first kappa shape index (κ1) is 23.4. The van der Waals surface area contributed by atoms with Gasteiger partial charge < -0.3 is 10.5 Å². The second-order valence-electron chi connectivity index (χ2n) is 8.66. The molecule has 0 radical (unpaired) electrons. The summed E-state index contributed by atoms with van der Waals surface area (Å²) < 4.78 is 11.7. The normalized spacial score (nSPS) is 15.3. The maximum atomic E-state index is 12.9. The molecule has 1 amide bonds. The second-order valence-corrected chi connectivity index (χ2v) is 8.66. The van der Waals surface area contributed by atoms with Crippen LogP contribution in [0.5, 0.6) is 5.75 Å². The molecular formula is C22H29N9O3. The van der Waals surface area contributed by atoms with Gasteiger partial charge in [0.25, 0.3) is 5.91 Å². The zero-order valence-corrected chi connectivity index (χ0v) is 19.5. The summed E-state index contributed by atoms with van der Waals surface area (Å²) in [5.41, 5.74) is 9.87. The van der Waals surface area contributed by atoms with E-state index in [0.29, 0.717) is 18.2 Å². The fraction of sp³-hybridized carbons (Fsp3) is 0.455. The molecule has 0 bridgehead atoms. The van der Waals surface area contributed by atoms with E-state index in [4.69, 9.17) is 15.1 Å². The van der Waals surface area contributed by atoms with Gasteiger partial charge in [-0.25, -0.2) is 10.1 Å². The van der Waals surface area contributed by atoms with Gasteiger partial charge >= 0.3 is 0 Å². The number of benzene rings is 1. The van der Waals surface area contributed by atoms with E-state index in [0.717, 1.165) is 37.2 Å². The maximum Gasteiger partial charge on any atom is 0.293 e. The van der Waals surface area contributed by atoms with Gasteiger partial charge in [-0.15, -0.1) is 5.10 Å². The lowest BCUT2D eigenvalue weighted by Gasteiger charge is -2.30. The minimum atomic E-state index is -0.488. The highest BCUT2D eigenvalue weighted by atomic mass is 16.6. The molecule has 0 saturated carbocycles. The van der Waals surface area contributed by atoms with E-state index in [1.54, 1.807) is 6.21 Å². The van der Waals surface area contributed by atoms with Crippen LogP contribution in [-0.2, 0) is 6.54 Å². The molecule has 34 heavy (non-hydrogen) atoms. The molecule has 1 aliphatic rings. The van der Waals surface area contributed by atoms with Crippen molar-refractivity contribution in [3.8, 4) is 11.6 Å². The third-order valence-corrected chi connectivity index (χ3v) is 5.56. The Labute approximate surface area is 197 Å². The molecule has 0 atom stereocenters. The summed E-state index contributed by atoms with van der Waals surface area (Å²) in [5.74, 6) is 1.22. The van der Waals surface area contributed by atoms with Gasteiger partial charge in [-0.3, -0.25) is 9.69 Å². The topological polar surface area (TPSA) is 150 Å². The minimum Gasteiger partial charge on any atom is -0.491 e. The number of nitrogens with two attached hydrogens (primary N) is 1. The number of nitrogens with one attached hydrogen (secondary N) is 1. The van der Waals surface area contributed by atoms with Gasteiger partial charge in [0.1, 0.15) is 5.75 Å². The van der Waals surface area contributed by atoms with Crippen molar-refractivity contribution in [3.05, 3.63) is 41.2 Å². The number of carbonyl (C=O) groups is 1. The summed E-state index contributed by atoms with van der Waals surface area (Å²) in [4.78, 5) is 15.2. The molecule has 1 saturated heterocycles. The van der Waals surface area contributed by atoms with Gasteiger partial charge in [0.2, 0.25) is 11.6 Å². The van der Waals surface area contributed by atoms with Crippen LogP contribution in [0.25, 0.3) is 5.82 Å². The van der Waals surface area contributed by atoms with Crippen molar-refractivity contribution in [2.45, 2.75) is 46.3 Å². The van der Waals surface area contributed by atoms with Gasteiger partial charge in [0.05, 0.1) is 18.0 Å². The molecule has 0 unspecified atom stereocenters. The van der Waals surface area contributed by atoms with E-state index in [2.05, 4.69) is 43.0 Å². The molecule has 180 valence electrons. The number of ether oxygens (including phenoxy) is 1. The van der Waals surface area contributed by atoms with Crippen LogP contribution in [0.15, 0.2) is 34.0 Å². The molecule has 0 aliphatic carbocycles. The monoisotopic (exact) mass is 467 g/mol. The van der Waals surface area contributed by atoms with E-state index in [-0.39, 0.29) is 23.4 Å². The first-order valence-corrected chi connectivity index (χ1v) is 11.3. The second kappa shape index (κ2) is 10.4. The molecule has 2 aromatic heterocycles. The average Bonchev–Trinajstić information content (AvgIpc) is 3.41. The van der Waals surface area contributed by atoms with Crippen LogP contribution in [0.1, 0.15) is 55.4 Å². The summed E-state index contributed by atoms with van der Waals surface area (Å²) in [7, 11) is 0. The molecule has 3 aromatic rings. The van der Waals surface area contributed by atoms with E-state index >= 15 is 0 Å². The molecule has 3 N–H and O–H groups in total. The number of aromatic nitrogens is 5. The Kier molecular flexibility index (Phi) is 7.16. The Hall–Kier alpha value is -3.80. The number of nitrogen functional groups attached to an aromatic ring is 1. The first-order valence-electron chi connectivity index (χ1n) is 11.3. The number of hydrogen-bond donors (Lipinski definition) is 2. The van der Waals surface area contributed by atoms with Crippen molar-refractivity contribution in [3.63, 3.8) is 0 Å². The number of piperidine rings is 1. The zero-order valence-electron chi connectivity index (χ0n) is 19.5. The van der Waals surface area contributed by atoms with Crippen molar-refractivity contribution in [1.82, 2.24) is 35.6 Å². The van der Waals surface area contributed by atoms with Crippen molar-refractivity contribution in [2.24, 2.45) is 11.0 Å². The molecule has 3 heterocycles. The van der Waals surface area contributed by atoms with Gasteiger partial charge in [0.15, 0.2) is 5.69 Å². The molecule has 1 fully saturated rings. The summed E-state index contributed by atoms with van der Waals surface area (Å²) in [6, 6.07) is 7.41. The number of hydrogen-bond acceptors (Lipinski definition) is 10. The minimum absolute atomic E-state index is 0.0632. The number of likely N-dealkylation sites (tertiary alicyclic amines) is 1. The number of nitrogens with zero attached hydrogens (tertiary/aromatic N) is 7. The van der Waals surface area contributed by atoms with Crippen LogP contribution in [0.4, 0.5) is 5.82 Å². The summed E-state index contributed by atoms with van der Waals surface area (Å²) in [5, 5.41) is 19.7. The smallest absolute Gasteiger partial charge is 0.293 e. The Bertz CT molecular complexity index is 1130. The largest absolute Gasteiger partial charge is 0.491 e. The Morgan fingerprint density at radius 1 is 1.29 bits per heavy atom. The molecule has 12 nitrogen and oxygen atoms in total. The molecule has 12 heteroatoms. The lowest BCUT2D eigenvalue weighted by Crippen LogP contribution is -2.34. The number of amides is 1. The summed E-state index contributed by atoms with van der Waals surface area (Å²) in [6.07, 6.45) is 3.81. The number of anilines is 1. The van der Waals surface area contributed by atoms with Crippen molar-refractivity contribution >= 4 is 17.9 Å². The van der Waals surface area contributed by atoms with Crippen molar-refractivity contribution < 1.29 is 14.2 Å². The standard InChI is InChI=1S/C22H29N9O3/c1-14(2)33-17-6-4-16(5-7-17)12-24-26-22(32)19-18(13-30-10-8-15(3)9-11-30)31(29-25-19)21-20(23)27-34-28-21/h4-7,12,14-15H,8-11,13H2,1-3H3,(H2,23,27)(H,26,32)/b24-12-. The predicted molar refractivity (Wildman–Crippen MR) is 125 cm³/mol. The Morgan fingerprint density at radius 3 is 2.68 bits per heavy atom. The van der Waals surface area contributed by atoms with Gasteiger partial charge in [-0.1, -0.05) is 12.1 Å². The van der Waals surface area contributed by atoms with Crippen LogP contribution in [0, 0.1) is 5.92 Å². The summed E-state index contributed by atoms with van der Waals surface area (Å²) >= 11 is 0. The molecule has 1 aromatic carbocycles. The van der Waals surface area contributed by atoms with Gasteiger partial charge in [-0.05, 0) is 85.8 Å². The van der Waals surface area contributed by atoms with E-state index in [1.807, 2.05) is 38.1 Å². The maximum absolute atomic E-state index is 12.9. The molecule has 1 aliphatic heterocycles. The summed E-state index contributed by atoms with van der Waals surface area (Å²) in [6.45, 7) is 8.45. The van der Waals surface area contributed by atoms with E-state index < -0.39 is 5.91 Å². The lowest BCUT2D eigenvalue weighted by molar-refractivity contribution is 0.0946. The van der Waals surface area contributed by atoms with E-state index in [9.17, 15) is 4.79 Å². The predicted octanol–water partition coefficient (Wildman–Crippen LogP) is 2.02. The Morgan fingerprint density at radius 2 is 2.03 bits per heavy atom. The molecular weight excluding hydrogens is 438 g/mol.